The number of nitrogens with zero attached hydrogens (tertiary/aromatic N) is 3. The molecule has 16 heavy (non-hydrogen) atoms. The second-order valence-corrected chi connectivity index (χ2v) is 5.36. The largest absolute Gasteiger partial charge is 0.341 e. The van der Waals surface area contributed by atoms with E-state index in [1.807, 2.05) is 6.20 Å². The van der Waals surface area contributed by atoms with Crippen molar-refractivity contribution >= 4 is 5.95 Å². The van der Waals surface area contributed by atoms with E-state index in [-0.39, 0.29) is 5.54 Å². The maximum absolute atomic E-state index is 4.51. The van der Waals surface area contributed by atoms with Gasteiger partial charge in [-0.1, -0.05) is 0 Å². The molecule has 1 fully saturated rings. The van der Waals surface area contributed by atoms with E-state index in [0.717, 1.165) is 32.1 Å². The van der Waals surface area contributed by atoms with Crippen molar-refractivity contribution in [1.29, 1.82) is 0 Å². The van der Waals surface area contributed by atoms with Crippen LogP contribution in [0.25, 0.3) is 0 Å². The molecule has 1 saturated heterocycles. The predicted octanol–water partition coefficient (Wildman–Crippen LogP) is 1.44. The predicted molar refractivity (Wildman–Crippen MR) is 66.9 cm³/mol. The summed E-state index contributed by atoms with van der Waals surface area (Å²) < 4.78 is 2.26. The van der Waals surface area contributed by atoms with E-state index in [4.69, 9.17) is 0 Å². The van der Waals surface area contributed by atoms with Gasteiger partial charge in [0.15, 0.2) is 0 Å². The lowest BCUT2D eigenvalue weighted by molar-refractivity contribution is 0.395. The first kappa shape index (κ1) is 11.5. The quantitative estimate of drug-likeness (QED) is 0.780. The molecular formula is C12H22N4. The van der Waals surface area contributed by atoms with Gasteiger partial charge in [0, 0.05) is 37.6 Å². The molecule has 0 radical (unpaired) electrons. The van der Waals surface area contributed by atoms with Gasteiger partial charge < -0.3 is 14.8 Å². The van der Waals surface area contributed by atoms with Gasteiger partial charge in [0.1, 0.15) is 0 Å². The highest BCUT2D eigenvalue weighted by Gasteiger charge is 2.21. The minimum atomic E-state index is 0.103. The van der Waals surface area contributed by atoms with Gasteiger partial charge in [0.25, 0.3) is 0 Å². The van der Waals surface area contributed by atoms with E-state index >= 15 is 0 Å². The standard InChI is InChI=1S/C12H22N4/c1-12(2,3)16-10-7-14-11(16)15-8-4-5-13-6-9-15/h7,10,13H,4-6,8-9H2,1-3H3. The van der Waals surface area contributed by atoms with Crippen LogP contribution in [-0.4, -0.2) is 35.7 Å². The minimum absolute atomic E-state index is 0.103. The average molecular weight is 222 g/mol. The second kappa shape index (κ2) is 4.45. The summed E-state index contributed by atoms with van der Waals surface area (Å²) >= 11 is 0. The molecule has 1 aromatic heterocycles. The highest BCUT2D eigenvalue weighted by molar-refractivity contribution is 5.32. The van der Waals surface area contributed by atoms with Crippen LogP contribution in [0.5, 0.6) is 0 Å². The fraction of sp³-hybridized carbons (Fsp3) is 0.750. The zero-order valence-electron chi connectivity index (χ0n) is 10.5. The Kier molecular flexibility index (Phi) is 3.19. The van der Waals surface area contributed by atoms with E-state index in [0.29, 0.717) is 0 Å². The van der Waals surface area contributed by atoms with Crippen LogP contribution in [-0.2, 0) is 5.54 Å². The van der Waals surface area contributed by atoms with Gasteiger partial charge in [0.05, 0.1) is 0 Å². The van der Waals surface area contributed by atoms with Crippen LogP contribution in [0.2, 0.25) is 0 Å². The summed E-state index contributed by atoms with van der Waals surface area (Å²) in [4.78, 5) is 6.89. The lowest BCUT2D eigenvalue weighted by Crippen LogP contribution is -2.33. The van der Waals surface area contributed by atoms with Crippen LogP contribution in [0.1, 0.15) is 27.2 Å². The fourth-order valence-electron chi connectivity index (χ4n) is 2.10. The first-order valence-corrected chi connectivity index (χ1v) is 6.08. The number of aromatic nitrogens is 2. The Morgan fingerprint density at radius 2 is 2.06 bits per heavy atom. The van der Waals surface area contributed by atoms with Gasteiger partial charge in [-0.3, -0.25) is 0 Å². The number of imidazole rings is 1. The van der Waals surface area contributed by atoms with Gasteiger partial charge >= 0.3 is 0 Å². The van der Waals surface area contributed by atoms with Gasteiger partial charge in [-0.25, -0.2) is 4.98 Å². The number of hydrogen-bond acceptors (Lipinski definition) is 3. The van der Waals surface area contributed by atoms with Crippen LogP contribution in [0.3, 0.4) is 0 Å². The van der Waals surface area contributed by atoms with Crippen LogP contribution < -0.4 is 10.2 Å². The van der Waals surface area contributed by atoms with E-state index < -0.39 is 0 Å². The van der Waals surface area contributed by atoms with E-state index in [1.165, 1.54) is 6.42 Å². The molecule has 0 unspecified atom stereocenters. The summed E-state index contributed by atoms with van der Waals surface area (Å²) in [5.74, 6) is 1.11. The van der Waals surface area contributed by atoms with Crippen molar-refractivity contribution in [3.63, 3.8) is 0 Å². The van der Waals surface area contributed by atoms with Crippen LogP contribution in [0, 0.1) is 0 Å². The maximum atomic E-state index is 4.51. The Bertz CT molecular complexity index is 329. The number of rotatable bonds is 1. The molecule has 0 aromatic carbocycles. The molecule has 0 atom stereocenters. The van der Waals surface area contributed by atoms with Crippen molar-refractivity contribution in [3.05, 3.63) is 12.4 Å². The number of nitrogens with one attached hydrogen (secondary N) is 1. The Morgan fingerprint density at radius 1 is 1.25 bits per heavy atom. The molecule has 2 rings (SSSR count). The zero-order valence-corrected chi connectivity index (χ0v) is 10.5. The number of anilines is 1. The van der Waals surface area contributed by atoms with Crippen molar-refractivity contribution in [1.82, 2.24) is 14.9 Å². The lowest BCUT2D eigenvalue weighted by Gasteiger charge is -2.29. The average Bonchev–Trinajstić information content (AvgIpc) is 2.55. The van der Waals surface area contributed by atoms with Crippen molar-refractivity contribution in [2.75, 3.05) is 31.1 Å². The topological polar surface area (TPSA) is 33.1 Å². The van der Waals surface area contributed by atoms with Gasteiger partial charge in [0.2, 0.25) is 5.95 Å². The normalized spacial score (nSPS) is 18.6. The summed E-state index contributed by atoms with van der Waals surface area (Å²) in [6.45, 7) is 11.0. The Labute approximate surface area is 97.7 Å². The minimum Gasteiger partial charge on any atom is -0.341 e. The van der Waals surface area contributed by atoms with E-state index in [1.54, 1.807) is 0 Å². The molecule has 1 aromatic rings. The summed E-state index contributed by atoms with van der Waals surface area (Å²) in [5, 5.41) is 3.42. The molecule has 4 heteroatoms. The molecule has 4 nitrogen and oxygen atoms in total. The smallest absolute Gasteiger partial charge is 0.205 e. The number of hydrogen-bond donors (Lipinski definition) is 1. The summed E-state index contributed by atoms with van der Waals surface area (Å²) in [6, 6.07) is 0. The SMILES string of the molecule is CC(C)(C)n1ccnc1N1CCCNCC1. The Balaban J connectivity index is 2.22. The van der Waals surface area contributed by atoms with Gasteiger partial charge in [-0.05, 0) is 33.7 Å². The lowest BCUT2D eigenvalue weighted by atomic mass is 10.1. The van der Waals surface area contributed by atoms with Crippen molar-refractivity contribution in [2.24, 2.45) is 0 Å². The Hall–Kier alpha value is -1.03. The monoisotopic (exact) mass is 222 g/mol. The molecule has 0 amide bonds. The first-order chi connectivity index (χ1) is 7.59. The summed E-state index contributed by atoms with van der Waals surface area (Å²) in [5.41, 5.74) is 0.103. The molecule has 0 saturated carbocycles. The van der Waals surface area contributed by atoms with Crippen molar-refractivity contribution in [2.45, 2.75) is 32.7 Å². The first-order valence-electron chi connectivity index (χ1n) is 6.08. The summed E-state index contributed by atoms with van der Waals surface area (Å²) in [7, 11) is 0. The van der Waals surface area contributed by atoms with Crippen molar-refractivity contribution < 1.29 is 0 Å². The third-order valence-electron chi connectivity index (χ3n) is 2.97. The second-order valence-electron chi connectivity index (χ2n) is 5.36. The molecular weight excluding hydrogens is 200 g/mol. The zero-order chi connectivity index (χ0) is 11.6. The highest BCUT2D eigenvalue weighted by atomic mass is 15.3. The maximum Gasteiger partial charge on any atom is 0.205 e. The van der Waals surface area contributed by atoms with Gasteiger partial charge in [-0.2, -0.15) is 0 Å². The molecule has 1 aliphatic heterocycles. The summed E-state index contributed by atoms with van der Waals surface area (Å²) in [6.07, 6.45) is 5.17. The molecule has 0 bridgehead atoms. The van der Waals surface area contributed by atoms with E-state index in [2.05, 4.69) is 46.7 Å². The van der Waals surface area contributed by atoms with E-state index in [9.17, 15) is 0 Å². The molecule has 0 spiro atoms. The molecule has 2 heterocycles. The van der Waals surface area contributed by atoms with Crippen LogP contribution in [0.4, 0.5) is 5.95 Å². The third-order valence-corrected chi connectivity index (χ3v) is 2.97. The third kappa shape index (κ3) is 2.38. The fourth-order valence-corrected chi connectivity index (χ4v) is 2.10. The highest BCUT2D eigenvalue weighted by Crippen LogP contribution is 2.22. The van der Waals surface area contributed by atoms with Crippen LogP contribution >= 0.6 is 0 Å². The molecule has 1 N–H and O–H groups in total. The van der Waals surface area contributed by atoms with Crippen molar-refractivity contribution in [3.8, 4) is 0 Å². The molecule has 0 aliphatic carbocycles. The molecule has 90 valence electrons. The Morgan fingerprint density at radius 3 is 2.81 bits per heavy atom. The van der Waals surface area contributed by atoms with Crippen LogP contribution in [0.15, 0.2) is 12.4 Å². The van der Waals surface area contributed by atoms with Gasteiger partial charge in [-0.15, -0.1) is 0 Å². The molecule has 1 aliphatic rings.